The zero-order chi connectivity index (χ0) is 32.4. The molecule has 1 N–H and O–H groups in total. The highest BCUT2D eigenvalue weighted by Gasteiger charge is 2.41. The lowest BCUT2D eigenvalue weighted by atomic mass is 9.89. The van der Waals surface area contributed by atoms with Gasteiger partial charge in [-0.1, -0.05) is 19.1 Å². The number of rotatable bonds is 10. The first-order chi connectivity index (χ1) is 20.7. The number of hydrogen-bond acceptors (Lipinski definition) is 7. The van der Waals surface area contributed by atoms with Gasteiger partial charge < -0.3 is 9.22 Å². The van der Waals surface area contributed by atoms with Crippen LogP contribution in [0, 0.1) is 11.3 Å². The van der Waals surface area contributed by atoms with Crippen LogP contribution in [0.3, 0.4) is 0 Å². The Morgan fingerprint density at radius 2 is 1.91 bits per heavy atom. The third-order valence-electron chi connectivity index (χ3n) is 7.76. The predicted molar refractivity (Wildman–Crippen MR) is 156 cm³/mol. The molecular formula is C31H34F3N6O4+. The van der Waals surface area contributed by atoms with Gasteiger partial charge in [-0.25, -0.2) is 19.3 Å². The van der Waals surface area contributed by atoms with E-state index in [4.69, 9.17) is 4.74 Å². The van der Waals surface area contributed by atoms with Gasteiger partial charge in [-0.2, -0.15) is 18.4 Å². The molecule has 0 spiro atoms. The molecule has 0 radical (unpaired) electrons. The number of ketones is 1. The molecular weight excluding hydrogens is 577 g/mol. The maximum atomic E-state index is 13.6. The van der Waals surface area contributed by atoms with E-state index in [1.165, 1.54) is 28.7 Å². The van der Waals surface area contributed by atoms with Crippen LogP contribution >= 0.6 is 0 Å². The molecule has 13 heteroatoms. The molecule has 0 amide bonds. The summed E-state index contributed by atoms with van der Waals surface area (Å²) < 4.78 is 47.7. The highest BCUT2D eigenvalue weighted by Crippen LogP contribution is 2.43. The minimum atomic E-state index is -4.63. The molecule has 0 fully saturated rings. The average Bonchev–Trinajstić information content (AvgIpc) is 3.35. The Kier molecular flexibility index (Phi) is 9.15. The number of nitrogens with zero attached hydrogens (tertiary/aromatic N) is 5. The van der Waals surface area contributed by atoms with Gasteiger partial charge in [0.1, 0.15) is 18.4 Å². The summed E-state index contributed by atoms with van der Waals surface area (Å²) in [7, 11) is 5.14. The van der Waals surface area contributed by atoms with E-state index in [0.29, 0.717) is 53.5 Å². The summed E-state index contributed by atoms with van der Waals surface area (Å²) in [5.41, 5.74) is 0.223. The summed E-state index contributed by atoms with van der Waals surface area (Å²) >= 11 is 0. The Morgan fingerprint density at radius 3 is 2.55 bits per heavy atom. The van der Waals surface area contributed by atoms with Gasteiger partial charge in [-0.3, -0.25) is 9.69 Å². The molecule has 44 heavy (non-hydrogen) atoms. The molecule has 0 saturated heterocycles. The van der Waals surface area contributed by atoms with Crippen LogP contribution in [0.15, 0.2) is 58.5 Å². The van der Waals surface area contributed by atoms with Crippen molar-refractivity contribution < 1.29 is 32.0 Å². The largest absolute Gasteiger partial charge is 0.466 e. The summed E-state index contributed by atoms with van der Waals surface area (Å²) in [6.07, 6.45) is -3.07. The molecule has 10 nitrogen and oxygen atoms in total. The highest BCUT2D eigenvalue weighted by atomic mass is 19.4. The maximum absolute atomic E-state index is 13.6. The fourth-order valence-corrected chi connectivity index (χ4v) is 5.58. The van der Waals surface area contributed by atoms with E-state index in [1.807, 2.05) is 21.0 Å². The number of carbonyl (C=O) groups excluding carboxylic acids is 2. The number of methoxy groups -OCH3 is 1. The number of benzene rings is 2. The number of quaternary nitrogens is 1. The maximum Gasteiger partial charge on any atom is 0.416 e. The minimum absolute atomic E-state index is 0.0192. The number of fused-ring (bicyclic) bond motifs is 1. The monoisotopic (exact) mass is 611 g/mol. The summed E-state index contributed by atoms with van der Waals surface area (Å²) in [6, 6.07) is 10.5. The van der Waals surface area contributed by atoms with Crippen LogP contribution in [0.5, 0.6) is 0 Å². The van der Waals surface area contributed by atoms with E-state index in [9.17, 15) is 32.8 Å². The Balaban J connectivity index is 1.91. The quantitative estimate of drug-likeness (QED) is 0.253. The van der Waals surface area contributed by atoms with E-state index in [0.717, 1.165) is 12.1 Å². The van der Waals surface area contributed by atoms with Gasteiger partial charge in [-0.05, 0) is 42.8 Å². The number of halogens is 3. The molecule has 1 atom stereocenters. The van der Waals surface area contributed by atoms with Gasteiger partial charge in [0.2, 0.25) is 5.95 Å². The van der Waals surface area contributed by atoms with Crippen LogP contribution in [0.4, 0.5) is 24.8 Å². The molecule has 0 bridgehead atoms. The number of allylic oxidation sites excluding steroid dienone is 1. The molecule has 3 aromatic rings. The first-order valence-electron chi connectivity index (χ1n) is 14.0. The van der Waals surface area contributed by atoms with Crippen LogP contribution in [0.25, 0.3) is 0 Å². The Labute approximate surface area is 252 Å². The third-order valence-corrected chi connectivity index (χ3v) is 7.76. The summed E-state index contributed by atoms with van der Waals surface area (Å²) in [5.74, 6) is -0.642. The number of esters is 1. The van der Waals surface area contributed by atoms with Crippen molar-refractivity contribution in [3.63, 3.8) is 0 Å². The predicted octanol–water partition coefficient (Wildman–Crippen LogP) is 4.99. The molecule has 1 aliphatic rings. The number of carbonyl (C=O) groups is 2. The van der Waals surface area contributed by atoms with Crippen LogP contribution < -0.4 is 10.6 Å². The zero-order valence-corrected chi connectivity index (χ0v) is 25.2. The van der Waals surface area contributed by atoms with E-state index in [1.54, 1.807) is 25.1 Å². The number of hydrogen-bond donors (Lipinski definition) is 1. The number of nitriles is 1. The number of nitrogens with one attached hydrogen (secondary N) is 1. The van der Waals surface area contributed by atoms with E-state index in [2.05, 4.69) is 16.3 Å². The molecule has 0 unspecified atom stereocenters. The lowest BCUT2D eigenvalue weighted by molar-refractivity contribution is -0.903. The van der Waals surface area contributed by atoms with Gasteiger partial charge in [0, 0.05) is 36.2 Å². The number of ether oxygens (including phenoxy) is 1. The van der Waals surface area contributed by atoms with Gasteiger partial charge in [0.05, 0.1) is 50.5 Å². The second kappa shape index (κ2) is 12.5. The summed E-state index contributed by atoms with van der Waals surface area (Å²) in [5, 5.41) is 16.2. The zero-order valence-electron chi connectivity index (χ0n) is 25.2. The van der Waals surface area contributed by atoms with Gasteiger partial charge in [0.15, 0.2) is 0 Å². The van der Waals surface area contributed by atoms with Gasteiger partial charge in [-0.15, -0.1) is 5.10 Å². The Hall–Kier alpha value is -4.70. The summed E-state index contributed by atoms with van der Waals surface area (Å²) in [4.78, 5) is 40.0. The average molecular weight is 612 g/mol. The Bertz CT molecular complexity index is 1710. The lowest BCUT2D eigenvalue weighted by Crippen LogP contribution is -2.41. The number of Topliss-reactive ketones (excluding diaryl/α,β-unsaturated/α-hetero) is 1. The number of H-pyrrole nitrogens is 1. The topological polar surface area (TPSA) is 121 Å². The highest BCUT2D eigenvalue weighted by molar-refractivity contribution is 5.93. The molecule has 0 aliphatic carbocycles. The normalized spacial score (nSPS) is 15.2. The fourth-order valence-electron chi connectivity index (χ4n) is 5.58. The summed E-state index contributed by atoms with van der Waals surface area (Å²) in [6.45, 7) is 4.40. The molecule has 232 valence electrons. The van der Waals surface area contributed by atoms with E-state index >= 15 is 0 Å². The standard InChI is InChI=1S/C31H33F3N6O4/c1-6-24(41)11-8-14-40(3,4)18-21-15-20(17-35)12-13-25(21)27-26(28(42)44-5)19(2)38(29-36-37-30(43)39(27)29)23-10-7-9-22(16-23)31(32,33)34/h7,9-10,12-13,15-16,27H,6,8,11,14,18H2,1-5H3/p+1/t27-/m1/s1. The molecule has 0 saturated carbocycles. The number of aromatic amines is 1. The SMILES string of the molecule is CCC(=O)CCC[N+](C)(C)Cc1cc(C#N)ccc1[C@@H]1C(C(=O)OC)=C(C)N(c2cccc(C(F)(F)F)c2)c2n[nH]c(=O)n21. The second-order valence-corrected chi connectivity index (χ2v) is 11.3. The van der Waals surface area contributed by atoms with E-state index < -0.39 is 29.4 Å². The van der Waals surface area contributed by atoms with Gasteiger partial charge in [0.25, 0.3) is 0 Å². The first kappa shape index (κ1) is 32.2. The van der Waals surface area contributed by atoms with Crippen molar-refractivity contribution in [3.8, 4) is 6.07 Å². The first-order valence-corrected chi connectivity index (χ1v) is 14.0. The molecule has 4 rings (SSSR count). The second-order valence-electron chi connectivity index (χ2n) is 11.3. The lowest BCUT2D eigenvalue weighted by Gasteiger charge is -2.37. The van der Waals surface area contributed by atoms with Gasteiger partial charge >= 0.3 is 17.8 Å². The third kappa shape index (κ3) is 6.45. The minimum Gasteiger partial charge on any atom is -0.466 e. The van der Waals surface area contributed by atoms with Crippen molar-refractivity contribution in [2.75, 3.05) is 32.6 Å². The molecule has 2 aromatic carbocycles. The molecule has 1 aromatic heterocycles. The Morgan fingerprint density at radius 1 is 1.18 bits per heavy atom. The van der Waals surface area contributed by atoms with Crippen molar-refractivity contribution in [1.29, 1.82) is 5.26 Å². The molecule has 1 aliphatic heterocycles. The van der Waals surface area contributed by atoms with Crippen molar-refractivity contribution in [1.82, 2.24) is 14.8 Å². The van der Waals surface area contributed by atoms with Crippen molar-refractivity contribution in [2.45, 2.75) is 51.9 Å². The van der Waals surface area contributed by atoms with Crippen LogP contribution in [-0.2, 0) is 27.0 Å². The van der Waals surface area contributed by atoms with Crippen molar-refractivity contribution in [2.24, 2.45) is 0 Å². The number of aromatic nitrogens is 3. The van der Waals surface area contributed by atoms with Crippen LogP contribution in [-0.4, -0.2) is 58.7 Å². The van der Waals surface area contributed by atoms with Crippen molar-refractivity contribution in [3.05, 3.63) is 86.5 Å². The number of anilines is 2. The van der Waals surface area contributed by atoms with Crippen LogP contribution in [0.2, 0.25) is 0 Å². The van der Waals surface area contributed by atoms with E-state index in [-0.39, 0.29) is 28.7 Å². The fraction of sp³-hybridized carbons (Fsp3) is 0.387. The smallest absolute Gasteiger partial charge is 0.416 e. The van der Waals surface area contributed by atoms with Crippen molar-refractivity contribution >= 4 is 23.4 Å². The molecule has 2 heterocycles. The number of alkyl halides is 3. The van der Waals surface area contributed by atoms with Crippen LogP contribution in [0.1, 0.15) is 61.4 Å².